The smallest absolute Gasteiger partial charge is 0.420 e. The Kier molecular flexibility index (Phi) is 6.56. The summed E-state index contributed by atoms with van der Waals surface area (Å²) in [6.07, 6.45) is -2.44. The molecule has 37 heavy (non-hydrogen) atoms. The number of alkyl halides is 3. The maximum Gasteiger partial charge on any atom is 0.420 e. The number of nitriles is 1. The molecule has 1 aromatic carbocycles. The Morgan fingerprint density at radius 2 is 1.92 bits per heavy atom. The van der Waals surface area contributed by atoms with Crippen LogP contribution in [0.4, 0.5) is 13.2 Å². The van der Waals surface area contributed by atoms with Gasteiger partial charge < -0.3 is 9.30 Å². The van der Waals surface area contributed by atoms with Crippen molar-refractivity contribution >= 4 is 28.5 Å². The van der Waals surface area contributed by atoms with Crippen molar-refractivity contribution in [3.05, 3.63) is 81.0 Å². The van der Waals surface area contributed by atoms with Gasteiger partial charge in [0.1, 0.15) is 11.3 Å². The summed E-state index contributed by atoms with van der Waals surface area (Å²) in [4.78, 5) is 30.4. The first-order valence-corrected chi connectivity index (χ1v) is 11.2. The normalized spacial score (nSPS) is 11.9. The van der Waals surface area contributed by atoms with E-state index in [0.29, 0.717) is 11.5 Å². The van der Waals surface area contributed by atoms with E-state index in [4.69, 9.17) is 21.6 Å². The Balaban J connectivity index is 1.83. The molecule has 0 atom stereocenters. The van der Waals surface area contributed by atoms with Gasteiger partial charge in [0.15, 0.2) is 5.65 Å². The van der Waals surface area contributed by atoms with Crippen LogP contribution in [0.15, 0.2) is 53.6 Å². The molecule has 190 valence electrons. The maximum atomic E-state index is 13.8. The van der Waals surface area contributed by atoms with Gasteiger partial charge in [-0.25, -0.2) is 4.98 Å². The van der Waals surface area contributed by atoms with Gasteiger partial charge in [0.05, 0.1) is 23.9 Å². The van der Waals surface area contributed by atoms with E-state index >= 15 is 0 Å². The third kappa shape index (κ3) is 5.20. The van der Waals surface area contributed by atoms with E-state index in [1.165, 1.54) is 24.4 Å². The molecule has 4 rings (SSSR count). The highest BCUT2D eigenvalue weighted by molar-refractivity contribution is 6.30. The Morgan fingerprint density at radius 1 is 1.19 bits per heavy atom. The van der Waals surface area contributed by atoms with Crippen LogP contribution in [0.5, 0.6) is 11.5 Å². The molecule has 0 aliphatic carbocycles. The summed E-state index contributed by atoms with van der Waals surface area (Å²) in [5.41, 5.74) is -2.63. The number of carbonyl (C=O) groups is 1. The minimum atomic E-state index is -4.90. The van der Waals surface area contributed by atoms with Crippen molar-refractivity contribution in [2.45, 2.75) is 33.5 Å². The van der Waals surface area contributed by atoms with E-state index in [0.717, 1.165) is 15.4 Å². The highest BCUT2D eigenvalue weighted by Crippen LogP contribution is 2.37. The van der Waals surface area contributed by atoms with Crippen LogP contribution >= 0.6 is 11.6 Å². The van der Waals surface area contributed by atoms with Crippen molar-refractivity contribution in [3.8, 4) is 17.6 Å². The largest absolute Gasteiger partial charge is 0.451 e. The van der Waals surface area contributed by atoms with E-state index in [2.05, 4.69) is 10.1 Å². The molecule has 8 nitrogen and oxygen atoms in total. The molecule has 0 amide bonds. The number of hydrogen-bond donors (Lipinski definition) is 0. The molecule has 0 aliphatic heterocycles. The molecule has 3 aromatic heterocycles. The summed E-state index contributed by atoms with van der Waals surface area (Å²) < 4.78 is 48.8. The summed E-state index contributed by atoms with van der Waals surface area (Å²) in [7, 11) is 0. The van der Waals surface area contributed by atoms with Gasteiger partial charge in [0.25, 0.3) is 11.5 Å². The second-order valence-corrected chi connectivity index (χ2v) is 9.60. The molecule has 0 spiro atoms. The zero-order valence-corrected chi connectivity index (χ0v) is 20.6. The van der Waals surface area contributed by atoms with Crippen LogP contribution in [-0.4, -0.2) is 25.2 Å². The number of carbonyl (C=O) groups excluding carboxylic acids is 1. The molecule has 0 bridgehead atoms. The molecule has 3 heterocycles. The monoisotopic (exact) mass is 529 g/mol. The highest BCUT2D eigenvalue weighted by atomic mass is 35.5. The molecular weight excluding hydrogens is 511 g/mol. The molecular formula is C25H19ClF3N5O3. The first-order valence-electron chi connectivity index (χ1n) is 10.9. The summed E-state index contributed by atoms with van der Waals surface area (Å²) in [5, 5.41) is 14.0. The molecule has 0 saturated heterocycles. The van der Waals surface area contributed by atoms with Crippen LogP contribution in [0.1, 0.15) is 42.4 Å². The number of halogens is 4. The fraction of sp³-hybridized carbons (Fsp3) is 0.240. The lowest BCUT2D eigenvalue weighted by atomic mass is 9.96. The minimum Gasteiger partial charge on any atom is -0.451 e. The first kappa shape index (κ1) is 25.9. The molecule has 0 aliphatic rings. The standard InChI is InChI=1S/C25H19ClF3N5O3/c1-24(2,3)23(36)34-21-17(5-4-7-31-21)19(32-34)13-33-8-6-18(25(27,28)29)20(22(33)35)37-16-10-14(12-30)9-15(26)11-16/h4-11H,13H2,1-3H3. The number of nitrogens with zero attached hydrogens (tertiary/aromatic N) is 5. The zero-order chi connectivity index (χ0) is 27.1. The summed E-state index contributed by atoms with van der Waals surface area (Å²) in [5.74, 6) is -1.55. The molecule has 0 fully saturated rings. The van der Waals surface area contributed by atoms with E-state index in [9.17, 15) is 22.8 Å². The predicted octanol–water partition coefficient (Wildman–Crippen LogP) is 5.66. The molecule has 0 unspecified atom stereocenters. The second-order valence-electron chi connectivity index (χ2n) is 9.17. The van der Waals surface area contributed by atoms with Crippen molar-refractivity contribution < 1.29 is 22.7 Å². The summed E-state index contributed by atoms with van der Waals surface area (Å²) in [6.45, 7) is 4.87. The van der Waals surface area contributed by atoms with Crippen LogP contribution in [0.3, 0.4) is 0 Å². The van der Waals surface area contributed by atoms with Crippen LogP contribution < -0.4 is 10.3 Å². The molecule has 12 heteroatoms. The number of benzene rings is 1. The van der Waals surface area contributed by atoms with Crippen molar-refractivity contribution in [2.24, 2.45) is 5.41 Å². The highest BCUT2D eigenvalue weighted by Gasteiger charge is 2.37. The van der Waals surface area contributed by atoms with Gasteiger partial charge in [-0.1, -0.05) is 32.4 Å². The lowest BCUT2D eigenvalue weighted by molar-refractivity contribution is -0.138. The molecule has 0 radical (unpaired) electrons. The molecule has 0 saturated carbocycles. The van der Waals surface area contributed by atoms with Crippen LogP contribution in [-0.2, 0) is 12.7 Å². The van der Waals surface area contributed by atoms with E-state index in [-0.39, 0.29) is 40.1 Å². The lowest BCUT2D eigenvalue weighted by Crippen LogP contribution is -2.28. The minimum absolute atomic E-state index is 0.0420. The van der Waals surface area contributed by atoms with Gasteiger partial charge in [-0.15, -0.1) is 0 Å². The van der Waals surface area contributed by atoms with E-state index < -0.39 is 28.5 Å². The lowest BCUT2D eigenvalue weighted by Gasteiger charge is -2.16. The summed E-state index contributed by atoms with van der Waals surface area (Å²) in [6, 6.07) is 9.47. The fourth-order valence-electron chi connectivity index (χ4n) is 3.55. The number of hydrogen-bond acceptors (Lipinski definition) is 6. The topological polar surface area (TPSA) is 103 Å². The average Bonchev–Trinajstić information content (AvgIpc) is 3.17. The Bertz CT molecular complexity index is 1630. The van der Waals surface area contributed by atoms with Gasteiger partial charge in [-0.05, 0) is 36.4 Å². The van der Waals surface area contributed by atoms with E-state index in [1.807, 2.05) is 6.07 Å². The maximum absolute atomic E-state index is 13.8. The summed E-state index contributed by atoms with van der Waals surface area (Å²) >= 11 is 5.94. The Labute approximate surface area is 213 Å². The van der Waals surface area contributed by atoms with E-state index in [1.54, 1.807) is 32.9 Å². The third-order valence-electron chi connectivity index (χ3n) is 5.32. The van der Waals surface area contributed by atoms with Crippen molar-refractivity contribution in [2.75, 3.05) is 0 Å². The van der Waals surface area contributed by atoms with Crippen molar-refractivity contribution in [3.63, 3.8) is 0 Å². The fourth-order valence-corrected chi connectivity index (χ4v) is 3.78. The van der Waals surface area contributed by atoms with Crippen LogP contribution in [0, 0.1) is 16.7 Å². The van der Waals surface area contributed by atoms with Crippen LogP contribution in [0.2, 0.25) is 5.02 Å². The predicted molar refractivity (Wildman–Crippen MR) is 129 cm³/mol. The Hall–Kier alpha value is -4.17. The Morgan fingerprint density at radius 3 is 2.57 bits per heavy atom. The average molecular weight is 530 g/mol. The van der Waals surface area contributed by atoms with Gasteiger partial charge >= 0.3 is 6.18 Å². The number of ether oxygens (including phenoxy) is 1. The third-order valence-corrected chi connectivity index (χ3v) is 5.54. The number of aromatic nitrogens is 4. The zero-order valence-electron chi connectivity index (χ0n) is 19.8. The number of fused-ring (bicyclic) bond motifs is 1. The van der Waals surface area contributed by atoms with Crippen LogP contribution in [0.25, 0.3) is 11.0 Å². The number of rotatable bonds is 4. The van der Waals surface area contributed by atoms with Gasteiger partial charge in [-0.2, -0.15) is 28.2 Å². The molecule has 4 aromatic rings. The first-order chi connectivity index (χ1) is 17.3. The van der Waals surface area contributed by atoms with Crippen molar-refractivity contribution in [1.82, 2.24) is 19.3 Å². The van der Waals surface area contributed by atoms with Gasteiger partial charge in [0.2, 0.25) is 5.75 Å². The molecule has 0 N–H and O–H groups in total. The quantitative estimate of drug-likeness (QED) is 0.338. The van der Waals surface area contributed by atoms with Crippen molar-refractivity contribution in [1.29, 1.82) is 5.26 Å². The van der Waals surface area contributed by atoms with Gasteiger partial charge in [0, 0.05) is 28.2 Å². The van der Waals surface area contributed by atoms with Gasteiger partial charge in [-0.3, -0.25) is 9.59 Å². The SMILES string of the molecule is CC(C)(C)C(=O)n1nc(Cn2ccc(C(F)(F)F)c(Oc3cc(Cl)cc(C#N)c3)c2=O)c2cccnc21. The number of pyridine rings is 2. The second kappa shape index (κ2) is 9.37.